The molecule has 76 valence electrons. The molecule has 1 heterocycles. The van der Waals surface area contributed by atoms with Gasteiger partial charge >= 0.3 is 0 Å². The van der Waals surface area contributed by atoms with Gasteiger partial charge in [-0.05, 0) is 12.1 Å². The van der Waals surface area contributed by atoms with Gasteiger partial charge in [0.15, 0.2) is 0 Å². The Morgan fingerprint density at radius 3 is 2.93 bits per heavy atom. The zero-order chi connectivity index (χ0) is 10.4. The highest BCUT2D eigenvalue weighted by Crippen LogP contribution is 2.10. The van der Waals surface area contributed by atoms with E-state index in [0.29, 0.717) is 12.0 Å². The maximum absolute atomic E-state index is 10.6. The summed E-state index contributed by atoms with van der Waals surface area (Å²) < 4.78 is 5.00. The fourth-order valence-electron chi connectivity index (χ4n) is 1.20. The van der Waals surface area contributed by atoms with Gasteiger partial charge in [-0.1, -0.05) is 0 Å². The van der Waals surface area contributed by atoms with E-state index >= 15 is 0 Å². The van der Waals surface area contributed by atoms with Gasteiger partial charge in [0, 0.05) is 17.8 Å². The predicted molar refractivity (Wildman–Crippen MR) is 48.5 cm³/mol. The van der Waals surface area contributed by atoms with Crippen molar-refractivity contribution in [3.8, 4) is 0 Å². The fraction of sp³-hybridized carbons (Fsp3) is 0.444. The van der Waals surface area contributed by atoms with Crippen LogP contribution in [-0.2, 0) is 11.2 Å². The van der Waals surface area contributed by atoms with Crippen LogP contribution in [0.5, 0.6) is 0 Å². The summed E-state index contributed by atoms with van der Waals surface area (Å²) in [5, 5.41) is 10.6. The Morgan fingerprint density at radius 1 is 1.64 bits per heavy atom. The van der Waals surface area contributed by atoms with Gasteiger partial charge in [-0.2, -0.15) is 0 Å². The molecule has 5 nitrogen and oxygen atoms in total. The van der Waals surface area contributed by atoms with Gasteiger partial charge in [-0.3, -0.25) is 10.1 Å². The highest BCUT2D eigenvalue weighted by Gasteiger charge is 2.21. The van der Waals surface area contributed by atoms with Crippen LogP contribution < -0.4 is 0 Å². The molecular formula is C9H11NO4. The van der Waals surface area contributed by atoms with Crippen molar-refractivity contribution in [2.45, 2.75) is 25.3 Å². The molecule has 1 rings (SSSR count). The van der Waals surface area contributed by atoms with Crippen molar-refractivity contribution in [1.29, 1.82) is 0 Å². The zero-order valence-corrected chi connectivity index (χ0v) is 7.59. The highest BCUT2D eigenvalue weighted by atomic mass is 16.6. The number of furan rings is 1. The summed E-state index contributed by atoms with van der Waals surface area (Å²) in [6.07, 6.45) is 2.89. The molecular weight excluding hydrogens is 186 g/mol. The van der Waals surface area contributed by atoms with Crippen LogP contribution in [0.2, 0.25) is 0 Å². The van der Waals surface area contributed by atoms with E-state index in [1.54, 1.807) is 12.1 Å². The molecule has 0 amide bonds. The monoisotopic (exact) mass is 197 g/mol. The van der Waals surface area contributed by atoms with Crippen molar-refractivity contribution in [2.24, 2.45) is 0 Å². The first-order valence-corrected chi connectivity index (χ1v) is 4.33. The van der Waals surface area contributed by atoms with Crippen molar-refractivity contribution in [1.82, 2.24) is 0 Å². The van der Waals surface area contributed by atoms with Crippen molar-refractivity contribution < 1.29 is 14.1 Å². The molecule has 1 unspecified atom stereocenters. The molecule has 1 aromatic heterocycles. The number of nitro groups is 1. The molecule has 0 saturated heterocycles. The Bertz CT molecular complexity index is 294. The molecule has 5 heteroatoms. The van der Waals surface area contributed by atoms with Crippen molar-refractivity contribution in [3.05, 3.63) is 34.3 Å². The smallest absolute Gasteiger partial charge is 0.220 e. The van der Waals surface area contributed by atoms with Crippen LogP contribution in [0.4, 0.5) is 0 Å². The largest absolute Gasteiger partial charge is 0.469 e. The molecule has 1 atom stereocenters. The lowest BCUT2D eigenvalue weighted by molar-refractivity contribution is -0.523. The molecule has 1 aromatic rings. The number of carbonyl (C=O) groups excluding carboxylic acids is 1. The average Bonchev–Trinajstić information content (AvgIpc) is 2.64. The third-order valence-electron chi connectivity index (χ3n) is 1.93. The van der Waals surface area contributed by atoms with E-state index in [2.05, 4.69) is 0 Å². The van der Waals surface area contributed by atoms with Gasteiger partial charge < -0.3 is 9.21 Å². The van der Waals surface area contributed by atoms with Crippen LogP contribution in [0.25, 0.3) is 0 Å². The standard InChI is InChI=1S/C9H11NO4/c11-5-1-3-8(10(12)13)7-9-4-2-6-14-9/h2,4-6,8H,1,3,7H2. The average molecular weight is 197 g/mol. The lowest BCUT2D eigenvalue weighted by Crippen LogP contribution is -2.22. The molecule has 0 aliphatic rings. The van der Waals surface area contributed by atoms with Crippen LogP contribution in [0, 0.1) is 10.1 Å². The summed E-state index contributed by atoms with van der Waals surface area (Å²) in [6.45, 7) is 0. The second-order valence-corrected chi connectivity index (χ2v) is 2.97. The Balaban J connectivity index is 2.51. The fourth-order valence-corrected chi connectivity index (χ4v) is 1.20. The minimum absolute atomic E-state index is 0.215. The SMILES string of the molecule is O=CCCC(Cc1ccco1)[N+](=O)[O-]. The molecule has 0 aromatic carbocycles. The second kappa shape index (κ2) is 5.16. The lowest BCUT2D eigenvalue weighted by atomic mass is 10.1. The molecule has 0 radical (unpaired) electrons. The van der Waals surface area contributed by atoms with Crippen molar-refractivity contribution in [3.63, 3.8) is 0 Å². The van der Waals surface area contributed by atoms with E-state index in [0.717, 1.165) is 0 Å². The first-order valence-electron chi connectivity index (χ1n) is 4.33. The third-order valence-corrected chi connectivity index (χ3v) is 1.93. The van der Waals surface area contributed by atoms with E-state index < -0.39 is 6.04 Å². The number of aldehydes is 1. The highest BCUT2D eigenvalue weighted by molar-refractivity contribution is 5.49. The van der Waals surface area contributed by atoms with Crippen LogP contribution in [0.1, 0.15) is 18.6 Å². The van der Waals surface area contributed by atoms with Crippen LogP contribution in [0.15, 0.2) is 22.8 Å². The maximum Gasteiger partial charge on any atom is 0.220 e. The maximum atomic E-state index is 10.6. The Labute approximate surface area is 80.9 Å². The minimum Gasteiger partial charge on any atom is -0.469 e. The number of nitrogens with zero attached hydrogens (tertiary/aromatic N) is 1. The van der Waals surface area contributed by atoms with E-state index in [1.807, 2.05) is 0 Å². The lowest BCUT2D eigenvalue weighted by Gasteiger charge is -2.05. The summed E-state index contributed by atoms with van der Waals surface area (Å²) in [5.74, 6) is 0.581. The van der Waals surface area contributed by atoms with E-state index in [4.69, 9.17) is 4.42 Å². The summed E-state index contributed by atoms with van der Waals surface area (Å²) in [6, 6.07) is 2.65. The number of rotatable bonds is 6. The minimum atomic E-state index is -0.730. The van der Waals surface area contributed by atoms with Gasteiger partial charge in [-0.15, -0.1) is 0 Å². The Morgan fingerprint density at radius 2 is 2.43 bits per heavy atom. The van der Waals surface area contributed by atoms with Gasteiger partial charge in [0.05, 0.1) is 12.7 Å². The van der Waals surface area contributed by atoms with Gasteiger partial charge in [0.25, 0.3) is 0 Å². The third kappa shape index (κ3) is 3.01. The molecule has 0 spiro atoms. The normalized spacial score (nSPS) is 12.3. The van der Waals surface area contributed by atoms with E-state index in [1.165, 1.54) is 6.26 Å². The Kier molecular flexibility index (Phi) is 3.84. The van der Waals surface area contributed by atoms with Crippen molar-refractivity contribution >= 4 is 6.29 Å². The molecule has 14 heavy (non-hydrogen) atoms. The second-order valence-electron chi connectivity index (χ2n) is 2.97. The summed E-state index contributed by atoms with van der Waals surface area (Å²) in [7, 11) is 0. The van der Waals surface area contributed by atoms with Gasteiger partial charge in [-0.25, -0.2) is 0 Å². The summed E-state index contributed by atoms with van der Waals surface area (Å²) >= 11 is 0. The van der Waals surface area contributed by atoms with Crippen LogP contribution in [0.3, 0.4) is 0 Å². The predicted octanol–water partition coefficient (Wildman–Crippen LogP) is 1.45. The topological polar surface area (TPSA) is 73.3 Å². The van der Waals surface area contributed by atoms with Gasteiger partial charge in [0.2, 0.25) is 6.04 Å². The summed E-state index contributed by atoms with van der Waals surface area (Å²) in [4.78, 5) is 20.3. The quantitative estimate of drug-likeness (QED) is 0.393. The number of hydrogen-bond donors (Lipinski definition) is 0. The molecule has 0 aliphatic heterocycles. The number of hydrogen-bond acceptors (Lipinski definition) is 4. The van der Waals surface area contributed by atoms with Crippen LogP contribution >= 0.6 is 0 Å². The molecule has 0 saturated carbocycles. The Hall–Kier alpha value is -1.65. The van der Waals surface area contributed by atoms with Gasteiger partial charge in [0.1, 0.15) is 12.0 Å². The molecule has 0 N–H and O–H groups in total. The van der Waals surface area contributed by atoms with E-state index in [-0.39, 0.29) is 24.2 Å². The number of carbonyl (C=O) groups is 1. The molecule has 0 fully saturated rings. The summed E-state index contributed by atoms with van der Waals surface area (Å²) in [5.41, 5.74) is 0. The van der Waals surface area contributed by atoms with Crippen LogP contribution in [-0.4, -0.2) is 17.3 Å². The molecule has 0 bridgehead atoms. The van der Waals surface area contributed by atoms with Crippen molar-refractivity contribution in [2.75, 3.05) is 0 Å². The van der Waals surface area contributed by atoms with E-state index in [9.17, 15) is 14.9 Å². The first kappa shape index (κ1) is 10.4. The first-order chi connectivity index (χ1) is 6.74. The molecule has 0 aliphatic carbocycles. The zero-order valence-electron chi connectivity index (χ0n) is 7.59.